The molecule has 0 saturated carbocycles. The highest BCUT2D eigenvalue weighted by atomic mass is 35.5. The fraction of sp³-hybridized carbons (Fsp3) is 0.533. The number of imidazole rings is 1. The third kappa shape index (κ3) is 2.63. The lowest BCUT2D eigenvalue weighted by molar-refractivity contribution is 0.489. The van der Waals surface area contributed by atoms with E-state index in [2.05, 4.69) is 41.5 Å². The molecule has 4 heteroatoms. The van der Waals surface area contributed by atoms with E-state index in [0.717, 1.165) is 30.2 Å². The molecule has 1 atom stereocenters. The van der Waals surface area contributed by atoms with E-state index in [1.165, 1.54) is 29.0 Å². The number of hydrogen-bond acceptors (Lipinski definition) is 2. The van der Waals surface area contributed by atoms with Crippen molar-refractivity contribution in [3.8, 4) is 0 Å². The van der Waals surface area contributed by atoms with Crippen LogP contribution in [0.5, 0.6) is 0 Å². The Morgan fingerprint density at radius 2 is 2.37 bits per heavy atom. The van der Waals surface area contributed by atoms with Crippen LogP contribution >= 0.6 is 23.4 Å². The summed E-state index contributed by atoms with van der Waals surface area (Å²) in [7, 11) is 0. The van der Waals surface area contributed by atoms with Gasteiger partial charge in [0.05, 0.1) is 11.0 Å². The number of aromatic nitrogens is 2. The van der Waals surface area contributed by atoms with Crippen LogP contribution in [0.2, 0.25) is 0 Å². The van der Waals surface area contributed by atoms with Gasteiger partial charge in [-0.05, 0) is 42.4 Å². The highest BCUT2D eigenvalue weighted by Crippen LogP contribution is 2.28. The fourth-order valence-electron chi connectivity index (χ4n) is 2.87. The Morgan fingerprint density at radius 1 is 1.47 bits per heavy atom. The van der Waals surface area contributed by atoms with Crippen LogP contribution in [0, 0.1) is 12.8 Å². The van der Waals surface area contributed by atoms with Crippen molar-refractivity contribution in [1.29, 1.82) is 0 Å². The summed E-state index contributed by atoms with van der Waals surface area (Å²) in [4.78, 5) is 4.78. The molecule has 0 N–H and O–H groups in total. The molecule has 2 heterocycles. The topological polar surface area (TPSA) is 17.8 Å². The number of para-hydroxylation sites is 1. The third-order valence-electron chi connectivity index (χ3n) is 3.83. The molecule has 0 aliphatic carbocycles. The molecule has 1 aromatic heterocycles. The molecule has 2 nitrogen and oxygen atoms in total. The molecule has 3 rings (SSSR count). The lowest BCUT2D eigenvalue weighted by Gasteiger charge is -2.14. The average Bonchev–Trinajstić information content (AvgIpc) is 3.00. The number of aryl methyl sites for hydroxylation is 2. The summed E-state index contributed by atoms with van der Waals surface area (Å²) in [5.74, 6) is 5.17. The monoisotopic (exact) mass is 294 g/mol. The summed E-state index contributed by atoms with van der Waals surface area (Å²) in [6.07, 6.45) is 2.19. The van der Waals surface area contributed by atoms with Crippen molar-refractivity contribution in [2.24, 2.45) is 5.92 Å². The van der Waals surface area contributed by atoms with E-state index in [9.17, 15) is 0 Å². The average molecular weight is 295 g/mol. The second-order valence-electron chi connectivity index (χ2n) is 5.25. The quantitative estimate of drug-likeness (QED) is 0.797. The number of halogens is 1. The summed E-state index contributed by atoms with van der Waals surface area (Å²) >= 11 is 8.01. The van der Waals surface area contributed by atoms with E-state index in [-0.39, 0.29) is 0 Å². The maximum atomic E-state index is 5.93. The molecule has 19 heavy (non-hydrogen) atoms. The summed E-state index contributed by atoms with van der Waals surface area (Å²) < 4.78 is 2.42. The van der Waals surface area contributed by atoms with Gasteiger partial charge in [0.2, 0.25) is 0 Å². The van der Waals surface area contributed by atoms with E-state index in [1.807, 2.05) is 0 Å². The minimum absolute atomic E-state index is 0.641. The Morgan fingerprint density at radius 3 is 3.11 bits per heavy atom. The normalized spacial score (nSPS) is 19.4. The predicted octanol–water partition coefficient (Wildman–Crippen LogP) is 3.88. The number of alkyl halides is 1. The Hall–Kier alpha value is -0.670. The highest BCUT2D eigenvalue weighted by Gasteiger charge is 2.20. The van der Waals surface area contributed by atoms with Crippen LogP contribution in [0.4, 0.5) is 0 Å². The van der Waals surface area contributed by atoms with Crippen LogP contribution in [0.1, 0.15) is 17.8 Å². The third-order valence-corrected chi connectivity index (χ3v) is 5.25. The Labute approximate surface area is 123 Å². The molecule has 0 amide bonds. The molecule has 0 radical (unpaired) electrons. The van der Waals surface area contributed by atoms with Crippen molar-refractivity contribution in [1.82, 2.24) is 9.55 Å². The minimum atomic E-state index is 0.641. The summed E-state index contributed by atoms with van der Waals surface area (Å²) in [6.45, 7) is 3.27. The molecule has 1 aromatic carbocycles. The highest BCUT2D eigenvalue weighted by molar-refractivity contribution is 7.99. The second-order valence-corrected chi connectivity index (χ2v) is 6.78. The van der Waals surface area contributed by atoms with Crippen molar-refractivity contribution in [2.45, 2.75) is 26.3 Å². The Kier molecular flexibility index (Phi) is 4.04. The minimum Gasteiger partial charge on any atom is -0.327 e. The lowest BCUT2D eigenvalue weighted by atomic mass is 10.1. The van der Waals surface area contributed by atoms with Crippen molar-refractivity contribution >= 4 is 34.4 Å². The molecule has 1 aliphatic rings. The van der Waals surface area contributed by atoms with Gasteiger partial charge in [-0.1, -0.05) is 12.1 Å². The van der Waals surface area contributed by atoms with Gasteiger partial charge >= 0.3 is 0 Å². The summed E-state index contributed by atoms with van der Waals surface area (Å²) in [6, 6.07) is 6.37. The van der Waals surface area contributed by atoms with Crippen molar-refractivity contribution in [3.63, 3.8) is 0 Å². The molecular weight excluding hydrogens is 276 g/mol. The van der Waals surface area contributed by atoms with Crippen LogP contribution in [-0.2, 0) is 13.0 Å². The maximum absolute atomic E-state index is 5.93. The van der Waals surface area contributed by atoms with Gasteiger partial charge in [-0.3, -0.25) is 0 Å². The number of fused-ring (bicyclic) bond motifs is 1. The van der Waals surface area contributed by atoms with Crippen molar-refractivity contribution < 1.29 is 0 Å². The SMILES string of the molecule is Cc1cccc2nc(CCCl)n(CC3CCSC3)c12. The van der Waals surface area contributed by atoms with Gasteiger partial charge in [0, 0.05) is 18.8 Å². The fourth-order valence-corrected chi connectivity index (χ4v) is 4.31. The van der Waals surface area contributed by atoms with Gasteiger partial charge < -0.3 is 4.57 Å². The zero-order valence-corrected chi connectivity index (χ0v) is 12.8. The summed E-state index contributed by atoms with van der Waals surface area (Å²) in [5.41, 5.74) is 3.74. The zero-order chi connectivity index (χ0) is 13.2. The first-order valence-corrected chi connectivity index (χ1v) is 8.57. The Balaban J connectivity index is 2.04. The van der Waals surface area contributed by atoms with Gasteiger partial charge in [0.15, 0.2) is 0 Å². The first-order valence-electron chi connectivity index (χ1n) is 6.88. The number of nitrogens with zero attached hydrogens (tertiary/aromatic N) is 2. The van der Waals surface area contributed by atoms with Crippen molar-refractivity contribution in [2.75, 3.05) is 17.4 Å². The van der Waals surface area contributed by atoms with Gasteiger partial charge in [0.25, 0.3) is 0 Å². The van der Waals surface area contributed by atoms with E-state index in [1.54, 1.807) is 0 Å². The van der Waals surface area contributed by atoms with Crippen molar-refractivity contribution in [3.05, 3.63) is 29.6 Å². The van der Waals surface area contributed by atoms with Crippen LogP contribution in [-0.4, -0.2) is 26.9 Å². The smallest absolute Gasteiger partial charge is 0.111 e. The van der Waals surface area contributed by atoms with Crippen LogP contribution in [0.3, 0.4) is 0 Å². The molecule has 0 spiro atoms. The van der Waals surface area contributed by atoms with Crippen LogP contribution in [0.15, 0.2) is 18.2 Å². The van der Waals surface area contributed by atoms with Gasteiger partial charge in [-0.15, -0.1) is 11.6 Å². The molecule has 1 fully saturated rings. The van der Waals surface area contributed by atoms with Gasteiger partial charge in [-0.2, -0.15) is 11.8 Å². The number of benzene rings is 1. The van der Waals surface area contributed by atoms with E-state index in [0.29, 0.717) is 5.88 Å². The molecule has 1 unspecified atom stereocenters. The van der Waals surface area contributed by atoms with E-state index >= 15 is 0 Å². The molecule has 1 saturated heterocycles. The largest absolute Gasteiger partial charge is 0.327 e. The zero-order valence-electron chi connectivity index (χ0n) is 11.2. The van der Waals surface area contributed by atoms with E-state index < -0.39 is 0 Å². The molecular formula is C15H19ClN2S. The molecule has 2 aromatic rings. The molecule has 0 bridgehead atoms. The standard InChI is InChI=1S/C15H19ClN2S/c1-11-3-2-4-13-15(11)18(14(17-13)5-7-16)9-12-6-8-19-10-12/h2-4,12H,5-10H2,1H3. The van der Waals surface area contributed by atoms with E-state index in [4.69, 9.17) is 16.6 Å². The second kappa shape index (κ2) is 5.76. The first kappa shape index (κ1) is 13.3. The van der Waals surface area contributed by atoms with Gasteiger partial charge in [-0.25, -0.2) is 4.98 Å². The first-order chi connectivity index (χ1) is 9.29. The lowest BCUT2D eigenvalue weighted by Crippen LogP contribution is -2.13. The Bertz CT molecular complexity index is 573. The number of hydrogen-bond donors (Lipinski definition) is 0. The molecule has 1 aliphatic heterocycles. The predicted molar refractivity (Wildman–Crippen MR) is 84.3 cm³/mol. The maximum Gasteiger partial charge on any atom is 0.111 e. The number of rotatable bonds is 4. The van der Waals surface area contributed by atoms with Crippen LogP contribution in [0.25, 0.3) is 11.0 Å². The number of thioether (sulfide) groups is 1. The molecule has 102 valence electrons. The summed E-state index contributed by atoms with van der Waals surface area (Å²) in [5, 5.41) is 0. The van der Waals surface area contributed by atoms with Crippen LogP contribution < -0.4 is 0 Å². The van der Waals surface area contributed by atoms with Gasteiger partial charge in [0.1, 0.15) is 5.82 Å².